The van der Waals surface area contributed by atoms with Crippen molar-refractivity contribution >= 4 is 23.3 Å². The molecule has 0 bridgehead atoms. The standard InChI is InChI=1S/C21H23NO5/c1-14(2)26-12-16-8-10-17(11-9-16)21(25)27-13-20(24)22-19-7-5-4-6-18(19)15(3)23/h4-11,14H,12-13H2,1-3H3,(H,22,24). The van der Waals surface area contributed by atoms with Gasteiger partial charge in [0.2, 0.25) is 0 Å². The molecule has 0 saturated heterocycles. The fourth-order valence-corrected chi connectivity index (χ4v) is 2.30. The number of esters is 1. The third-order valence-corrected chi connectivity index (χ3v) is 3.69. The molecule has 0 aliphatic carbocycles. The minimum atomic E-state index is -0.596. The van der Waals surface area contributed by atoms with Crippen LogP contribution in [0.5, 0.6) is 0 Å². The van der Waals surface area contributed by atoms with E-state index >= 15 is 0 Å². The van der Waals surface area contributed by atoms with Gasteiger partial charge >= 0.3 is 5.97 Å². The highest BCUT2D eigenvalue weighted by atomic mass is 16.5. The monoisotopic (exact) mass is 369 g/mol. The number of rotatable bonds is 8. The number of Topliss-reactive ketones (excluding diaryl/α,β-unsaturated/α-hetero) is 1. The van der Waals surface area contributed by atoms with Crippen molar-refractivity contribution in [3.05, 3.63) is 65.2 Å². The van der Waals surface area contributed by atoms with Crippen LogP contribution in [0.15, 0.2) is 48.5 Å². The number of nitrogens with one attached hydrogen (secondary N) is 1. The minimum absolute atomic E-state index is 0.126. The topological polar surface area (TPSA) is 81.7 Å². The van der Waals surface area contributed by atoms with Gasteiger partial charge in [0.05, 0.1) is 24.0 Å². The number of carbonyl (C=O) groups excluding carboxylic acids is 3. The van der Waals surface area contributed by atoms with Crippen molar-refractivity contribution in [3.8, 4) is 0 Å². The predicted molar refractivity (Wildman–Crippen MR) is 102 cm³/mol. The predicted octanol–water partition coefficient (Wildman–Crippen LogP) is 3.61. The molecule has 2 aromatic carbocycles. The molecule has 142 valence electrons. The van der Waals surface area contributed by atoms with Gasteiger partial charge in [-0.15, -0.1) is 0 Å². The second-order valence-electron chi connectivity index (χ2n) is 6.28. The van der Waals surface area contributed by atoms with Crippen LogP contribution in [0, 0.1) is 0 Å². The lowest BCUT2D eigenvalue weighted by Crippen LogP contribution is -2.22. The molecule has 0 atom stereocenters. The molecule has 2 rings (SSSR count). The molecule has 27 heavy (non-hydrogen) atoms. The molecule has 0 spiro atoms. The Morgan fingerprint density at radius 3 is 2.30 bits per heavy atom. The Morgan fingerprint density at radius 2 is 1.67 bits per heavy atom. The highest BCUT2D eigenvalue weighted by Crippen LogP contribution is 2.15. The Kier molecular flexibility index (Phi) is 7.25. The first-order valence-corrected chi connectivity index (χ1v) is 8.64. The molecule has 0 aliphatic heterocycles. The van der Waals surface area contributed by atoms with Gasteiger partial charge in [-0.25, -0.2) is 4.79 Å². The second kappa shape index (κ2) is 9.64. The van der Waals surface area contributed by atoms with Gasteiger partial charge in [0.25, 0.3) is 5.91 Å². The number of benzene rings is 2. The minimum Gasteiger partial charge on any atom is -0.452 e. The summed E-state index contributed by atoms with van der Waals surface area (Å²) in [5, 5.41) is 2.58. The summed E-state index contributed by atoms with van der Waals surface area (Å²) in [5.41, 5.74) is 2.08. The Morgan fingerprint density at radius 1 is 1.00 bits per heavy atom. The largest absolute Gasteiger partial charge is 0.452 e. The van der Waals surface area contributed by atoms with Gasteiger partial charge in [-0.3, -0.25) is 9.59 Å². The maximum absolute atomic E-state index is 12.1. The van der Waals surface area contributed by atoms with Crippen LogP contribution < -0.4 is 5.32 Å². The van der Waals surface area contributed by atoms with E-state index in [4.69, 9.17) is 9.47 Å². The summed E-state index contributed by atoms with van der Waals surface area (Å²) in [6.07, 6.45) is 0.126. The molecule has 0 aromatic heterocycles. The summed E-state index contributed by atoms with van der Waals surface area (Å²) < 4.78 is 10.5. The summed E-state index contributed by atoms with van der Waals surface area (Å²) in [4.78, 5) is 35.6. The summed E-state index contributed by atoms with van der Waals surface area (Å²) >= 11 is 0. The van der Waals surface area contributed by atoms with Crippen LogP contribution in [0.25, 0.3) is 0 Å². The van der Waals surface area contributed by atoms with E-state index < -0.39 is 18.5 Å². The van der Waals surface area contributed by atoms with E-state index in [1.165, 1.54) is 6.92 Å². The van der Waals surface area contributed by atoms with Crippen molar-refractivity contribution in [2.45, 2.75) is 33.5 Å². The Labute approximate surface area is 158 Å². The number of carbonyl (C=O) groups is 3. The summed E-state index contributed by atoms with van der Waals surface area (Å²) in [5.74, 6) is -1.27. The van der Waals surface area contributed by atoms with E-state index in [0.29, 0.717) is 23.4 Å². The maximum atomic E-state index is 12.1. The molecule has 2 aromatic rings. The summed E-state index contributed by atoms with van der Waals surface area (Å²) in [6.45, 7) is 5.34. The average Bonchev–Trinajstić information content (AvgIpc) is 2.65. The summed E-state index contributed by atoms with van der Waals surface area (Å²) in [6, 6.07) is 13.5. The molecule has 0 radical (unpaired) electrons. The highest BCUT2D eigenvalue weighted by Gasteiger charge is 2.13. The molecule has 0 heterocycles. The van der Waals surface area contributed by atoms with Crippen molar-refractivity contribution in [1.29, 1.82) is 0 Å². The van der Waals surface area contributed by atoms with Crippen molar-refractivity contribution in [2.75, 3.05) is 11.9 Å². The molecular formula is C21H23NO5. The first-order valence-electron chi connectivity index (χ1n) is 8.64. The van der Waals surface area contributed by atoms with Crippen LogP contribution in [-0.2, 0) is 20.9 Å². The van der Waals surface area contributed by atoms with E-state index in [1.54, 1.807) is 48.5 Å². The molecule has 0 aliphatic rings. The van der Waals surface area contributed by atoms with Crippen molar-refractivity contribution in [3.63, 3.8) is 0 Å². The molecule has 0 fully saturated rings. The Bertz CT molecular complexity index is 812. The van der Waals surface area contributed by atoms with Gasteiger partial charge in [-0.05, 0) is 50.6 Å². The van der Waals surface area contributed by atoms with Crippen LogP contribution in [0.1, 0.15) is 47.1 Å². The van der Waals surface area contributed by atoms with Crippen molar-refractivity contribution in [1.82, 2.24) is 0 Å². The van der Waals surface area contributed by atoms with Crippen molar-refractivity contribution in [2.24, 2.45) is 0 Å². The van der Waals surface area contributed by atoms with Gasteiger partial charge in [0, 0.05) is 5.56 Å². The SMILES string of the molecule is CC(=O)c1ccccc1NC(=O)COC(=O)c1ccc(COC(C)C)cc1. The molecule has 1 N–H and O–H groups in total. The number of ether oxygens (including phenoxy) is 2. The molecular weight excluding hydrogens is 346 g/mol. The number of ketones is 1. The van der Waals surface area contributed by atoms with Crippen LogP contribution in [0.2, 0.25) is 0 Å². The molecule has 6 heteroatoms. The van der Waals surface area contributed by atoms with Crippen LogP contribution >= 0.6 is 0 Å². The quantitative estimate of drug-likeness (QED) is 0.568. The lowest BCUT2D eigenvalue weighted by Gasteiger charge is -2.10. The van der Waals surface area contributed by atoms with E-state index in [0.717, 1.165) is 5.56 Å². The molecule has 6 nitrogen and oxygen atoms in total. The van der Waals surface area contributed by atoms with Crippen LogP contribution in [0.3, 0.4) is 0 Å². The molecule has 0 saturated carbocycles. The molecule has 1 amide bonds. The molecule has 0 unspecified atom stereocenters. The highest BCUT2D eigenvalue weighted by molar-refractivity contribution is 6.04. The lowest BCUT2D eigenvalue weighted by molar-refractivity contribution is -0.119. The van der Waals surface area contributed by atoms with Gasteiger partial charge in [-0.2, -0.15) is 0 Å². The fraction of sp³-hybridized carbons (Fsp3) is 0.286. The van der Waals surface area contributed by atoms with E-state index in [2.05, 4.69) is 5.32 Å². The van der Waals surface area contributed by atoms with Crippen LogP contribution in [0.4, 0.5) is 5.69 Å². The lowest BCUT2D eigenvalue weighted by atomic mass is 10.1. The van der Waals surface area contributed by atoms with E-state index in [-0.39, 0.29) is 11.9 Å². The van der Waals surface area contributed by atoms with Gasteiger partial charge in [0.1, 0.15) is 0 Å². The Balaban J connectivity index is 1.88. The zero-order chi connectivity index (χ0) is 19.8. The third kappa shape index (κ3) is 6.34. The average molecular weight is 369 g/mol. The van der Waals surface area contributed by atoms with E-state index in [9.17, 15) is 14.4 Å². The van der Waals surface area contributed by atoms with E-state index in [1.807, 2.05) is 13.8 Å². The maximum Gasteiger partial charge on any atom is 0.338 e. The number of anilines is 1. The van der Waals surface area contributed by atoms with Gasteiger partial charge in [0.15, 0.2) is 12.4 Å². The smallest absolute Gasteiger partial charge is 0.338 e. The fourth-order valence-electron chi connectivity index (χ4n) is 2.30. The van der Waals surface area contributed by atoms with Gasteiger partial charge < -0.3 is 14.8 Å². The normalized spacial score (nSPS) is 10.5. The second-order valence-corrected chi connectivity index (χ2v) is 6.28. The number of amides is 1. The zero-order valence-electron chi connectivity index (χ0n) is 15.7. The number of para-hydroxylation sites is 1. The number of hydrogen-bond acceptors (Lipinski definition) is 5. The first kappa shape index (κ1) is 20.3. The van der Waals surface area contributed by atoms with Gasteiger partial charge in [-0.1, -0.05) is 24.3 Å². The number of hydrogen-bond donors (Lipinski definition) is 1. The first-order chi connectivity index (χ1) is 12.9. The summed E-state index contributed by atoms with van der Waals surface area (Å²) in [7, 11) is 0. The zero-order valence-corrected chi connectivity index (χ0v) is 15.7. The van der Waals surface area contributed by atoms with Crippen LogP contribution in [-0.4, -0.2) is 30.4 Å². The Hall–Kier alpha value is -2.99. The van der Waals surface area contributed by atoms with Crippen molar-refractivity contribution < 1.29 is 23.9 Å². The third-order valence-electron chi connectivity index (χ3n) is 3.69.